The van der Waals surface area contributed by atoms with Gasteiger partial charge in [-0.2, -0.15) is 61.2 Å². The lowest BCUT2D eigenvalue weighted by atomic mass is 9.49. The molecule has 9 aromatic carbocycles. The van der Waals surface area contributed by atoms with Gasteiger partial charge < -0.3 is 34.5 Å². The van der Waals surface area contributed by atoms with Gasteiger partial charge in [0.2, 0.25) is 0 Å². The lowest BCUT2D eigenvalue weighted by molar-refractivity contribution is -0.111. The summed E-state index contributed by atoms with van der Waals surface area (Å²) in [7, 11) is -5.74. The topological polar surface area (TPSA) is 195 Å². The molecule has 24 atom stereocenters. The molecule has 14 nitrogen and oxygen atoms in total. The van der Waals surface area contributed by atoms with Crippen LogP contribution in [0.25, 0.3) is 19.4 Å². The first-order chi connectivity index (χ1) is 71.1. The fourth-order valence-electron chi connectivity index (χ4n) is 30.7. The normalized spacial score (nSPS) is 31.5. The molecule has 12 aliphatic rings. The quantitative estimate of drug-likeness (QED) is 0.0146. The van der Waals surface area contributed by atoms with E-state index in [2.05, 4.69) is 169 Å². The van der Waals surface area contributed by atoms with Gasteiger partial charge in [-0.1, -0.05) is 233 Å². The standard InChI is InChI=1S/C35H37NO2.C29H30F3NO4S.C29H30N2O.C28H31NO2.2CH2Cl2.CH4.BCl3/c1-4-26-22-34(2)32(31-16-12-27-20-28(36-3)13-17-30(27)33(26)31)18-19-35(34,37)21-24-10-14-29(15-11-24)38-23-25-8-6-5-7-9-25;1-4-19-17-27(2)25(24-11-7-20-15-21(33-3)8-12-23(20)26(19)24)13-14-28(27,34)16-18-5-9-22(10-6-18)37-38(35,36)29(30,31)32;1-4-21-17-28(2)26(13-14-29(28,32)16-19-5-7-20(18-30)8-6-19)25-11-9-22-15-23(31-3)10-12-24(22)27(21)25;1-4-19-17-27(2)25(13-14-28(27,31)16-18-5-9-22(30)10-6-18)24-11-7-20-15-21(29-3)8-12-23(20)26(19)24;2*2-1-3;;2-1(3)4/h4-11,13-15,17,20,26,31-33,37H,1,12,16,18-19,21-23H2,2H3;4-6,8-10,12,15,19,24-26,34H,1,7,11,13-14,16-17H2,2H3;4-8,10,12,15,21,25-27,32H,1,9,11,13-14,16-17H2,2H3;4-6,8-10,12,15,19,24-26,30-31H,1,7,11,13-14,16-17H2,2H3;2*1H2;1H4;/t26-,31?,32?,33?,34-,35+;19-,24?,25?,26?,27-,28+;21-,25?,26?,27?,28-,29+;19-,24?,25?,26?,27-,28+;;;;/m0000..../s1. The number of halogens is 10. The summed E-state index contributed by atoms with van der Waals surface area (Å²) < 4.78 is 70.8. The van der Waals surface area contributed by atoms with Crippen LogP contribution in [0.1, 0.15) is 239 Å². The van der Waals surface area contributed by atoms with Gasteiger partial charge in [0.15, 0.2) is 22.7 Å². The Kier molecular flexibility index (Phi) is 37.3. The molecule has 8 fully saturated rings. The number of aliphatic hydroxyl groups is 4. The molecule has 0 aliphatic heterocycles. The molecule has 5 N–H and O–H groups in total. The number of nitriles is 1. The molecular formula is C124H136BCl7F3N5O9S. The molecule has 26 heteroatoms. The number of rotatable bonds is 17. The van der Waals surface area contributed by atoms with Crippen molar-refractivity contribution in [3.05, 3.63) is 374 Å². The van der Waals surface area contributed by atoms with Crippen LogP contribution in [0.3, 0.4) is 0 Å². The van der Waals surface area contributed by atoms with Crippen LogP contribution in [0.15, 0.2) is 251 Å². The Balaban J connectivity index is 0.000000153. The number of aryl methyl sites for hydroxylation is 4. The Labute approximate surface area is 921 Å². The lowest BCUT2D eigenvalue weighted by Crippen LogP contribution is -2.54. The zero-order chi connectivity index (χ0) is 107. The number of benzene rings is 9. The van der Waals surface area contributed by atoms with Crippen LogP contribution in [0.5, 0.6) is 17.2 Å². The fraction of sp³-hybridized carbons (Fsp3) is 0.460. The molecule has 9 aromatic rings. The van der Waals surface area contributed by atoms with Gasteiger partial charge in [-0.3, -0.25) is 0 Å². The molecule has 21 rings (SSSR count). The Morgan fingerprint density at radius 2 is 0.680 bits per heavy atom. The third kappa shape index (κ3) is 23.3. The first-order valence-electron chi connectivity index (χ1n) is 51.8. The first-order valence-corrected chi connectivity index (χ1v) is 56.7. The van der Waals surface area contributed by atoms with Crippen molar-refractivity contribution in [1.82, 2.24) is 0 Å². The monoisotopic (exact) mass is 2180 g/mol. The maximum absolute atomic E-state index is 12.6. The third-order valence-electron chi connectivity index (χ3n) is 37.6. The lowest BCUT2D eigenvalue weighted by Gasteiger charge is -2.56. The van der Waals surface area contributed by atoms with Crippen LogP contribution >= 0.6 is 80.8 Å². The van der Waals surface area contributed by atoms with E-state index in [-0.39, 0.29) is 46.0 Å². The van der Waals surface area contributed by atoms with E-state index in [1.807, 2.05) is 103 Å². The van der Waals surface area contributed by atoms with E-state index in [1.165, 1.54) is 74.3 Å². The average molecular weight is 2190 g/mol. The molecule has 0 heterocycles. The van der Waals surface area contributed by atoms with E-state index in [4.69, 9.17) is 117 Å². The van der Waals surface area contributed by atoms with Crippen molar-refractivity contribution < 1.29 is 56.0 Å². The van der Waals surface area contributed by atoms with E-state index < -0.39 is 54.2 Å². The van der Waals surface area contributed by atoms with Crippen LogP contribution < -0.4 is 8.92 Å². The number of hydrogen-bond donors (Lipinski definition) is 5. The van der Waals surface area contributed by atoms with E-state index >= 15 is 0 Å². The molecule has 150 heavy (non-hydrogen) atoms. The highest BCUT2D eigenvalue weighted by molar-refractivity contribution is 7.88. The van der Waals surface area contributed by atoms with E-state index in [9.17, 15) is 47.1 Å². The van der Waals surface area contributed by atoms with Crippen molar-refractivity contribution in [3.8, 4) is 23.3 Å². The first kappa shape index (κ1) is 116. The van der Waals surface area contributed by atoms with Crippen molar-refractivity contribution >= 4 is 119 Å². The molecular weight excluding hydrogens is 2050 g/mol. The van der Waals surface area contributed by atoms with Gasteiger partial charge in [0.05, 0.1) is 71.0 Å². The second-order valence-corrected chi connectivity index (χ2v) is 49.5. The molecule has 0 radical (unpaired) electrons. The van der Waals surface area contributed by atoms with Crippen LogP contribution in [0.4, 0.5) is 35.9 Å². The maximum atomic E-state index is 12.6. The van der Waals surface area contributed by atoms with Gasteiger partial charge in [-0.15, -0.1) is 72.7 Å². The summed E-state index contributed by atoms with van der Waals surface area (Å²) in [5.74, 6) is 7.22. The third-order valence-corrected chi connectivity index (χ3v) is 38.6. The number of alkyl halides is 7. The van der Waals surface area contributed by atoms with Gasteiger partial charge in [0, 0.05) is 47.3 Å². The van der Waals surface area contributed by atoms with E-state index in [0.29, 0.717) is 144 Å². The predicted molar refractivity (Wildman–Crippen MR) is 602 cm³/mol. The maximum Gasteiger partial charge on any atom is 0.534 e. The van der Waals surface area contributed by atoms with Crippen molar-refractivity contribution in [2.45, 2.75) is 247 Å². The number of hydrogen-bond acceptors (Lipinski definition) is 10. The van der Waals surface area contributed by atoms with Crippen LogP contribution in [-0.2, 0) is 68.1 Å². The van der Waals surface area contributed by atoms with Gasteiger partial charge >= 0.3 is 20.6 Å². The van der Waals surface area contributed by atoms with Crippen molar-refractivity contribution in [1.29, 1.82) is 5.26 Å². The van der Waals surface area contributed by atoms with Crippen LogP contribution in [0, 0.1) is 130 Å². The minimum Gasteiger partial charge on any atom is -0.508 e. The molecule has 0 bridgehead atoms. The molecule has 12 unspecified atom stereocenters. The molecule has 12 aliphatic carbocycles. The number of aromatic hydroxyl groups is 1. The Morgan fingerprint density at radius 1 is 0.420 bits per heavy atom. The SMILES string of the molecule is C.ClB(Cl)Cl.ClCCl.ClCCl.[C-]#[N+]c1ccc2c(c1)CCC1C2[C@@H](C=C)C[C@@]2(C)C1CC[C@@]2(O)Cc1ccc(C#N)cc1.[C-]#[N+]c1ccc2c(c1)CCC1C2[C@@H](C=C)C[C@@]2(C)C1CC[C@@]2(O)Cc1ccc(O)cc1.[C-]#[N+]c1ccc2c(c1)CCC1C2[C@@H](C=C)C[C@@]2(C)C1CC[C@@]2(O)Cc1ccc(OCc2ccccc2)cc1.[C-]#[N+]c1ccc2c(c1)CCC1C2[C@@H](C=C)C[C@@]2(C)C1CC[C@@]2(O)Cc1ccc(OS(=O)(=O)C(F)(F)F)cc1. The molecule has 790 valence electrons. The van der Waals surface area contributed by atoms with Gasteiger partial charge in [0.1, 0.15) is 23.9 Å². The predicted octanol–water partition coefficient (Wildman–Crippen LogP) is 32.5. The number of fused-ring (bicyclic) bond motifs is 20. The number of nitrogens with zero attached hydrogens (tertiary/aromatic N) is 5. The molecule has 0 aromatic heterocycles. The average Bonchev–Trinajstić information content (AvgIpc) is 1.55. The summed E-state index contributed by atoms with van der Waals surface area (Å²) in [5, 5.41) is 67.6. The highest BCUT2D eigenvalue weighted by Crippen LogP contribution is 2.72. The van der Waals surface area contributed by atoms with Crippen molar-refractivity contribution in [3.63, 3.8) is 0 Å². The zero-order valence-corrected chi connectivity index (χ0v) is 91.0. The van der Waals surface area contributed by atoms with Gasteiger partial charge in [-0.25, -0.2) is 19.4 Å². The summed E-state index contributed by atoms with van der Waals surface area (Å²) in [5.41, 5.74) is 9.89. The van der Waals surface area contributed by atoms with Crippen LogP contribution in [-0.4, -0.2) is 77.5 Å². The fourth-order valence-corrected chi connectivity index (χ4v) is 31.2. The number of phenolic OH excluding ortho intramolecular Hbond substituents is 1. The highest BCUT2D eigenvalue weighted by atomic mass is 35.6. The van der Waals surface area contributed by atoms with E-state index in [0.717, 1.165) is 161 Å². The Hall–Kier alpha value is -9.54. The Morgan fingerprint density at radius 3 is 0.933 bits per heavy atom. The summed E-state index contributed by atoms with van der Waals surface area (Å²) in [4.78, 5) is 13.8. The summed E-state index contributed by atoms with van der Waals surface area (Å²) in [6.45, 7) is 56.0. The van der Waals surface area contributed by atoms with Crippen LogP contribution in [0.2, 0.25) is 0 Å². The van der Waals surface area contributed by atoms with Crippen molar-refractivity contribution in [2.24, 2.45) is 92.7 Å². The van der Waals surface area contributed by atoms with Gasteiger partial charge in [-0.05, 0) is 322 Å². The second kappa shape index (κ2) is 48.2. The number of allylic oxidation sites excluding steroid dienone is 4. The summed E-state index contributed by atoms with van der Waals surface area (Å²) in [6.07, 6.45) is 29.7. The number of ether oxygens (including phenoxy) is 1. The smallest absolute Gasteiger partial charge is 0.508 e. The number of phenols is 1. The molecule has 0 amide bonds. The van der Waals surface area contributed by atoms with E-state index in [1.54, 1.807) is 12.1 Å². The minimum absolute atomic E-state index is 0. The summed E-state index contributed by atoms with van der Waals surface area (Å²) >= 11 is 33.5. The molecule has 0 saturated heterocycles. The molecule has 8 saturated carbocycles. The van der Waals surface area contributed by atoms with Gasteiger partial charge in [0.25, 0.3) is 0 Å². The second-order valence-electron chi connectivity index (χ2n) is 44.4. The largest absolute Gasteiger partial charge is 0.534 e. The van der Waals surface area contributed by atoms with Crippen molar-refractivity contribution in [2.75, 3.05) is 10.7 Å². The minimum atomic E-state index is -5.74. The highest BCUT2D eigenvalue weighted by Gasteiger charge is 2.68. The molecule has 0 spiro atoms. The summed E-state index contributed by atoms with van der Waals surface area (Å²) in [6, 6.07) is 65.9. The zero-order valence-electron chi connectivity index (χ0n) is 84.9. The Bertz CT molecular complexity index is 6660.